The molecule has 1 aliphatic heterocycles. The van der Waals surface area contributed by atoms with Gasteiger partial charge >= 0.3 is 0 Å². The number of ether oxygens (including phenoxy) is 2. The average molecular weight is 449 g/mol. The van der Waals surface area contributed by atoms with Crippen LogP contribution in [0, 0.1) is 5.82 Å². The summed E-state index contributed by atoms with van der Waals surface area (Å²) in [5.74, 6) is 1.75. The van der Waals surface area contributed by atoms with Crippen LogP contribution in [0.5, 0.6) is 5.75 Å². The van der Waals surface area contributed by atoms with Crippen molar-refractivity contribution >= 4 is 5.96 Å². The zero-order valence-corrected chi connectivity index (χ0v) is 19.3. The Morgan fingerprint density at radius 1 is 1.28 bits per heavy atom. The summed E-state index contributed by atoms with van der Waals surface area (Å²) in [4.78, 5) is 13.6. The number of aliphatic imine (C=N–C) groups is 1. The van der Waals surface area contributed by atoms with E-state index in [1.807, 2.05) is 26.8 Å². The highest BCUT2D eigenvalue weighted by Gasteiger charge is 2.21. The van der Waals surface area contributed by atoms with Crippen LogP contribution < -0.4 is 10.1 Å². The van der Waals surface area contributed by atoms with Crippen molar-refractivity contribution in [2.75, 3.05) is 46.4 Å². The normalized spacial score (nSPS) is 16.3. The summed E-state index contributed by atoms with van der Waals surface area (Å²) in [5.41, 5.74) is 0.936. The number of piperazine rings is 1. The van der Waals surface area contributed by atoms with Crippen molar-refractivity contribution in [1.29, 1.82) is 0 Å². The third-order valence-corrected chi connectivity index (χ3v) is 5.26. The lowest BCUT2D eigenvalue weighted by molar-refractivity contribution is 0.0683. The molecule has 1 aromatic heterocycles. The minimum atomic E-state index is -0.329. The van der Waals surface area contributed by atoms with E-state index in [0.29, 0.717) is 31.4 Å². The van der Waals surface area contributed by atoms with Gasteiger partial charge in [0.15, 0.2) is 23.4 Å². The lowest BCUT2D eigenvalue weighted by atomic mass is 10.2. The molecule has 2 heterocycles. The molecule has 32 heavy (non-hydrogen) atoms. The maximum absolute atomic E-state index is 14.0. The summed E-state index contributed by atoms with van der Waals surface area (Å²) < 4.78 is 29.8. The predicted octanol–water partition coefficient (Wildman–Crippen LogP) is 2.60. The van der Waals surface area contributed by atoms with Gasteiger partial charge in [-0.25, -0.2) is 9.38 Å². The molecule has 2 aromatic rings. The minimum Gasteiger partial charge on any atom is -0.494 e. The maximum atomic E-state index is 14.0. The molecular formula is C22H33FN6O3. The highest BCUT2D eigenvalue weighted by atomic mass is 19.1. The van der Waals surface area contributed by atoms with Gasteiger partial charge in [-0.1, -0.05) is 11.2 Å². The molecule has 1 saturated heterocycles. The van der Waals surface area contributed by atoms with E-state index in [1.54, 1.807) is 12.1 Å². The molecule has 0 aliphatic carbocycles. The molecule has 0 amide bonds. The Morgan fingerprint density at radius 3 is 2.72 bits per heavy atom. The fraction of sp³-hybridized carbons (Fsp3) is 0.591. The van der Waals surface area contributed by atoms with Crippen molar-refractivity contribution in [3.8, 4) is 5.75 Å². The Labute approximate surface area is 188 Å². The van der Waals surface area contributed by atoms with Crippen LogP contribution in [-0.2, 0) is 17.8 Å². The highest BCUT2D eigenvalue weighted by Crippen LogP contribution is 2.19. The highest BCUT2D eigenvalue weighted by molar-refractivity contribution is 5.80. The quantitative estimate of drug-likeness (QED) is 0.463. The van der Waals surface area contributed by atoms with Gasteiger partial charge in [-0.2, -0.15) is 4.98 Å². The second-order valence-corrected chi connectivity index (χ2v) is 7.55. The Hall–Kier alpha value is -2.72. The summed E-state index contributed by atoms with van der Waals surface area (Å²) in [6.07, 6.45) is -0.207. The number of nitrogens with zero attached hydrogens (tertiary/aromatic N) is 5. The Bertz CT molecular complexity index is 882. The Morgan fingerprint density at radius 2 is 2.06 bits per heavy atom. The molecule has 0 radical (unpaired) electrons. The molecular weight excluding hydrogens is 415 g/mol. The van der Waals surface area contributed by atoms with Crippen LogP contribution in [-0.4, -0.2) is 72.3 Å². The summed E-state index contributed by atoms with van der Waals surface area (Å²) >= 11 is 0. The molecule has 1 N–H and O–H groups in total. The third kappa shape index (κ3) is 6.39. The summed E-state index contributed by atoms with van der Waals surface area (Å²) in [7, 11) is 1.47. The molecule has 1 aliphatic rings. The molecule has 10 heteroatoms. The smallest absolute Gasteiger partial charge is 0.248 e. The zero-order valence-electron chi connectivity index (χ0n) is 19.3. The molecule has 1 unspecified atom stereocenters. The first-order chi connectivity index (χ1) is 15.5. The number of hydrogen-bond donors (Lipinski definition) is 1. The first-order valence-electron chi connectivity index (χ1n) is 11.1. The van der Waals surface area contributed by atoms with E-state index in [0.717, 1.165) is 44.2 Å². The van der Waals surface area contributed by atoms with Gasteiger partial charge in [0.25, 0.3) is 0 Å². The largest absolute Gasteiger partial charge is 0.494 e. The van der Waals surface area contributed by atoms with Gasteiger partial charge in [-0.3, -0.25) is 4.90 Å². The Kier molecular flexibility index (Phi) is 8.81. The molecule has 1 atom stereocenters. The van der Waals surface area contributed by atoms with Crippen molar-refractivity contribution in [3.63, 3.8) is 0 Å². The number of guanidine groups is 1. The van der Waals surface area contributed by atoms with Crippen LogP contribution in [0.1, 0.15) is 44.2 Å². The fourth-order valence-corrected chi connectivity index (χ4v) is 3.57. The first-order valence-corrected chi connectivity index (χ1v) is 11.1. The molecule has 1 fully saturated rings. The fourth-order valence-electron chi connectivity index (χ4n) is 3.57. The van der Waals surface area contributed by atoms with Gasteiger partial charge in [0.1, 0.15) is 12.6 Å². The number of halogens is 1. The van der Waals surface area contributed by atoms with Gasteiger partial charge in [0.05, 0.1) is 7.11 Å². The van der Waals surface area contributed by atoms with Crippen LogP contribution in [0.25, 0.3) is 0 Å². The number of aromatic nitrogens is 2. The topological polar surface area (TPSA) is 88.2 Å². The van der Waals surface area contributed by atoms with Gasteiger partial charge < -0.3 is 24.2 Å². The average Bonchev–Trinajstić information content (AvgIpc) is 3.27. The minimum absolute atomic E-state index is 0.207. The van der Waals surface area contributed by atoms with Crippen LogP contribution in [0.15, 0.2) is 27.7 Å². The molecule has 9 nitrogen and oxygen atoms in total. The molecule has 0 bridgehead atoms. The predicted molar refractivity (Wildman–Crippen MR) is 119 cm³/mol. The molecule has 1 aromatic carbocycles. The molecule has 176 valence electrons. The van der Waals surface area contributed by atoms with E-state index >= 15 is 0 Å². The summed E-state index contributed by atoms with van der Waals surface area (Å²) in [5, 5.41) is 7.32. The van der Waals surface area contributed by atoms with Crippen molar-refractivity contribution < 1.29 is 18.4 Å². The van der Waals surface area contributed by atoms with Crippen molar-refractivity contribution in [1.82, 2.24) is 25.3 Å². The van der Waals surface area contributed by atoms with Crippen LogP contribution in [0.4, 0.5) is 4.39 Å². The monoisotopic (exact) mass is 448 g/mol. The summed E-state index contributed by atoms with van der Waals surface area (Å²) in [6.45, 7) is 11.6. The Balaban J connectivity index is 1.55. The number of rotatable bonds is 9. The molecule has 0 spiro atoms. The number of methoxy groups -OCH3 is 1. The first kappa shape index (κ1) is 23.9. The molecule has 0 saturated carbocycles. The number of benzene rings is 1. The third-order valence-electron chi connectivity index (χ3n) is 5.26. The summed E-state index contributed by atoms with van der Waals surface area (Å²) in [6, 6.07) is 5.13. The van der Waals surface area contributed by atoms with Crippen molar-refractivity contribution in [2.24, 2.45) is 4.99 Å². The van der Waals surface area contributed by atoms with Crippen molar-refractivity contribution in [2.45, 2.75) is 40.0 Å². The number of hydrogen-bond acceptors (Lipinski definition) is 7. The maximum Gasteiger partial charge on any atom is 0.248 e. The van der Waals surface area contributed by atoms with Gasteiger partial charge in [-0.15, -0.1) is 0 Å². The van der Waals surface area contributed by atoms with Crippen LogP contribution in [0.3, 0.4) is 0 Å². The van der Waals surface area contributed by atoms with Crippen LogP contribution in [0.2, 0.25) is 0 Å². The standard InChI is InChI=1S/C22H33FN6O3/c1-5-24-22(25-14-20-26-21(27-32-20)16(3)31-6-2)29-11-9-28(10-12-29)15-17-7-8-19(30-4)18(23)13-17/h7-8,13,16H,5-6,9-12,14-15H2,1-4H3,(H,24,25). The SMILES string of the molecule is CCNC(=NCc1nc(C(C)OCC)no1)N1CCN(Cc2ccc(OC)c(F)c2)CC1. The van der Waals surface area contributed by atoms with E-state index < -0.39 is 0 Å². The van der Waals surface area contributed by atoms with Gasteiger partial charge in [-0.05, 0) is 38.5 Å². The number of nitrogens with one attached hydrogen (secondary N) is 1. The van der Waals surface area contributed by atoms with E-state index in [1.165, 1.54) is 7.11 Å². The van der Waals surface area contributed by atoms with Crippen LogP contribution >= 0.6 is 0 Å². The van der Waals surface area contributed by atoms with E-state index in [4.69, 9.17) is 14.0 Å². The second kappa shape index (κ2) is 11.8. The lowest BCUT2D eigenvalue weighted by Gasteiger charge is -2.36. The van der Waals surface area contributed by atoms with Gasteiger partial charge in [0, 0.05) is 45.9 Å². The van der Waals surface area contributed by atoms with E-state index in [-0.39, 0.29) is 17.7 Å². The van der Waals surface area contributed by atoms with Gasteiger partial charge in [0.2, 0.25) is 5.89 Å². The van der Waals surface area contributed by atoms with E-state index in [9.17, 15) is 4.39 Å². The second-order valence-electron chi connectivity index (χ2n) is 7.55. The zero-order chi connectivity index (χ0) is 22.9. The van der Waals surface area contributed by atoms with E-state index in [2.05, 4.69) is 30.2 Å². The molecule has 3 rings (SSSR count). The lowest BCUT2D eigenvalue weighted by Crippen LogP contribution is -2.52. The van der Waals surface area contributed by atoms with Crippen molar-refractivity contribution in [3.05, 3.63) is 41.3 Å².